The Balaban J connectivity index is 1.37. The molecule has 36 heavy (non-hydrogen) atoms. The normalized spacial score (nSPS) is 14.3. The molecule has 0 atom stereocenters. The van der Waals surface area contributed by atoms with Gasteiger partial charge in [-0.3, -0.25) is 9.56 Å². The summed E-state index contributed by atoms with van der Waals surface area (Å²) in [7, 11) is 1.66. The van der Waals surface area contributed by atoms with E-state index in [4.69, 9.17) is 33.5 Å². The van der Waals surface area contributed by atoms with Gasteiger partial charge in [-0.25, -0.2) is 0 Å². The zero-order valence-corrected chi connectivity index (χ0v) is 22.2. The maximum absolute atomic E-state index is 6.65. The lowest BCUT2D eigenvalue weighted by atomic mass is 9.95. The smallest absolute Gasteiger partial charge is 0.173 e. The first-order chi connectivity index (χ1) is 17.5. The van der Waals surface area contributed by atoms with Crippen LogP contribution in [0.3, 0.4) is 0 Å². The van der Waals surface area contributed by atoms with Gasteiger partial charge < -0.3 is 15.0 Å². The highest BCUT2D eigenvalue weighted by Gasteiger charge is 2.32. The van der Waals surface area contributed by atoms with Gasteiger partial charge in [-0.1, -0.05) is 29.8 Å². The number of halogens is 1. The van der Waals surface area contributed by atoms with Gasteiger partial charge >= 0.3 is 0 Å². The summed E-state index contributed by atoms with van der Waals surface area (Å²) >= 11 is 14.2. The van der Waals surface area contributed by atoms with E-state index in [1.165, 1.54) is 10.4 Å². The third-order valence-corrected chi connectivity index (χ3v) is 8.40. The van der Waals surface area contributed by atoms with Crippen molar-refractivity contribution in [3.63, 3.8) is 0 Å². The summed E-state index contributed by atoms with van der Waals surface area (Å²) in [5.74, 6) is 2.51. The molecule has 0 aliphatic carbocycles. The number of fused-ring (bicyclic) bond motifs is 5. The van der Waals surface area contributed by atoms with Gasteiger partial charge in [-0.2, -0.15) is 0 Å². The Hall–Kier alpha value is -3.27. The van der Waals surface area contributed by atoms with E-state index in [-0.39, 0.29) is 0 Å². The van der Waals surface area contributed by atoms with Crippen LogP contribution in [-0.4, -0.2) is 44.1 Å². The van der Waals surface area contributed by atoms with Crippen LogP contribution in [0.1, 0.15) is 33.2 Å². The molecule has 0 fully saturated rings. The first-order valence-electron chi connectivity index (χ1n) is 11.6. The molecule has 1 N–H and O–H groups in total. The van der Waals surface area contributed by atoms with Gasteiger partial charge in [0.05, 0.1) is 19.4 Å². The van der Waals surface area contributed by atoms with Crippen molar-refractivity contribution in [3.8, 4) is 10.8 Å². The van der Waals surface area contributed by atoms with Crippen molar-refractivity contribution in [2.75, 3.05) is 19.0 Å². The highest BCUT2D eigenvalue weighted by molar-refractivity contribution is 7.80. The second-order valence-corrected chi connectivity index (χ2v) is 10.5. The van der Waals surface area contributed by atoms with Crippen LogP contribution in [0, 0.1) is 6.92 Å². The highest BCUT2D eigenvalue weighted by Crippen LogP contribution is 2.40. The molecule has 2 aliphatic rings. The van der Waals surface area contributed by atoms with Gasteiger partial charge in [-0.05, 0) is 61.5 Å². The molecular formula is C26H23ClN6OS2. The van der Waals surface area contributed by atoms with Gasteiger partial charge in [0.25, 0.3) is 0 Å². The number of thiocarbonyl (C=S) groups is 1. The summed E-state index contributed by atoms with van der Waals surface area (Å²) in [5, 5.41) is 14.6. The summed E-state index contributed by atoms with van der Waals surface area (Å²) in [6, 6.07) is 15.7. The molecule has 182 valence electrons. The van der Waals surface area contributed by atoms with Gasteiger partial charge in [0.1, 0.15) is 23.1 Å². The van der Waals surface area contributed by atoms with E-state index >= 15 is 0 Å². The third-order valence-electron chi connectivity index (χ3n) is 6.51. The number of rotatable bonds is 3. The van der Waals surface area contributed by atoms with Gasteiger partial charge in [0.2, 0.25) is 0 Å². The fourth-order valence-corrected chi connectivity index (χ4v) is 6.65. The molecule has 4 aromatic rings. The van der Waals surface area contributed by atoms with E-state index < -0.39 is 0 Å². The van der Waals surface area contributed by atoms with E-state index in [1.807, 2.05) is 55.5 Å². The summed E-state index contributed by atoms with van der Waals surface area (Å²) in [6.07, 6.45) is 0.853. The number of hydrogen-bond donors (Lipinski definition) is 1. The lowest BCUT2D eigenvalue weighted by molar-refractivity contribution is 0.405. The SMILES string of the molecule is COc1ccc(NC(=S)N2CCc3c(sc4c3C(c3ccccc3Cl)=NCc3nnc(C)n3-4)C2)cc1. The number of hydrogen-bond acceptors (Lipinski definition) is 6. The van der Waals surface area contributed by atoms with E-state index in [0.717, 1.165) is 64.4 Å². The van der Waals surface area contributed by atoms with E-state index in [2.05, 4.69) is 25.0 Å². The summed E-state index contributed by atoms with van der Waals surface area (Å²) < 4.78 is 7.40. The van der Waals surface area contributed by atoms with E-state index in [0.29, 0.717) is 16.7 Å². The fourth-order valence-electron chi connectivity index (χ4n) is 4.72. The van der Waals surface area contributed by atoms with E-state index in [1.54, 1.807) is 18.4 Å². The Morgan fingerprint density at radius 1 is 1.14 bits per heavy atom. The summed E-state index contributed by atoms with van der Waals surface area (Å²) in [5.41, 5.74) is 5.24. The van der Waals surface area contributed by atoms with Crippen LogP contribution in [0.4, 0.5) is 5.69 Å². The van der Waals surface area contributed by atoms with E-state index in [9.17, 15) is 0 Å². The lowest BCUT2D eigenvalue weighted by Gasteiger charge is -2.30. The number of ether oxygens (including phenoxy) is 1. The first-order valence-corrected chi connectivity index (χ1v) is 13.2. The number of nitrogens with one attached hydrogen (secondary N) is 1. The Kier molecular flexibility index (Phi) is 5.99. The number of aromatic nitrogens is 3. The minimum atomic E-state index is 0.458. The Morgan fingerprint density at radius 2 is 1.94 bits per heavy atom. The van der Waals surface area contributed by atoms with Crippen LogP contribution in [-0.2, 0) is 19.5 Å². The molecule has 7 nitrogen and oxygen atoms in total. The fraction of sp³-hybridized carbons (Fsp3) is 0.231. The van der Waals surface area contributed by atoms with Crippen LogP contribution in [0.15, 0.2) is 53.5 Å². The van der Waals surface area contributed by atoms with Crippen molar-refractivity contribution in [2.24, 2.45) is 4.99 Å². The average molecular weight is 535 g/mol. The minimum absolute atomic E-state index is 0.458. The largest absolute Gasteiger partial charge is 0.497 e. The maximum atomic E-state index is 6.65. The quantitative estimate of drug-likeness (QED) is 0.355. The second kappa shape index (κ2) is 9.31. The zero-order valence-electron chi connectivity index (χ0n) is 19.8. The number of thiophene rings is 1. The van der Waals surface area contributed by atoms with Gasteiger partial charge in [0.15, 0.2) is 10.9 Å². The topological polar surface area (TPSA) is 67.6 Å². The van der Waals surface area contributed by atoms with Crippen molar-refractivity contribution in [1.82, 2.24) is 19.7 Å². The zero-order chi connectivity index (χ0) is 24.8. The van der Waals surface area contributed by atoms with Crippen LogP contribution < -0.4 is 10.1 Å². The molecule has 6 rings (SSSR count). The predicted octanol–water partition coefficient (Wildman–Crippen LogP) is 5.41. The number of aryl methyl sites for hydroxylation is 1. The Morgan fingerprint density at radius 3 is 2.72 bits per heavy atom. The molecule has 0 radical (unpaired) electrons. The molecule has 0 bridgehead atoms. The monoisotopic (exact) mass is 534 g/mol. The highest BCUT2D eigenvalue weighted by atomic mass is 35.5. The number of anilines is 1. The van der Waals surface area contributed by atoms with Crippen LogP contribution in [0.2, 0.25) is 5.02 Å². The number of aliphatic imine (C=N–C) groups is 1. The average Bonchev–Trinajstić information content (AvgIpc) is 3.40. The Bertz CT molecular complexity index is 1510. The van der Waals surface area contributed by atoms with Gasteiger partial charge in [0, 0.05) is 33.3 Å². The van der Waals surface area contributed by atoms with Gasteiger partial charge in [-0.15, -0.1) is 21.5 Å². The molecule has 2 aromatic carbocycles. The van der Waals surface area contributed by atoms with Crippen molar-refractivity contribution in [2.45, 2.75) is 26.4 Å². The maximum Gasteiger partial charge on any atom is 0.173 e. The molecule has 2 aliphatic heterocycles. The molecule has 2 aromatic heterocycles. The van der Waals surface area contributed by atoms with Crippen molar-refractivity contribution < 1.29 is 4.74 Å². The van der Waals surface area contributed by atoms with Crippen molar-refractivity contribution >= 4 is 51.7 Å². The predicted molar refractivity (Wildman–Crippen MR) is 148 cm³/mol. The summed E-state index contributed by atoms with van der Waals surface area (Å²) in [6.45, 7) is 3.97. The first kappa shape index (κ1) is 23.1. The van der Waals surface area contributed by atoms with Crippen molar-refractivity contribution in [3.05, 3.63) is 86.8 Å². The van der Waals surface area contributed by atoms with Crippen LogP contribution >= 0.6 is 35.2 Å². The molecular weight excluding hydrogens is 512 g/mol. The van der Waals surface area contributed by atoms with Crippen LogP contribution in [0.5, 0.6) is 5.75 Å². The molecule has 4 heterocycles. The third kappa shape index (κ3) is 3.97. The molecule has 10 heteroatoms. The number of nitrogens with zero attached hydrogens (tertiary/aromatic N) is 5. The second-order valence-electron chi connectivity index (χ2n) is 8.66. The molecule has 0 amide bonds. The molecule has 0 saturated carbocycles. The molecule has 0 unspecified atom stereocenters. The number of methoxy groups -OCH3 is 1. The lowest BCUT2D eigenvalue weighted by Crippen LogP contribution is -2.38. The molecule has 0 saturated heterocycles. The summed E-state index contributed by atoms with van der Waals surface area (Å²) in [4.78, 5) is 8.49. The standard InChI is InChI=1S/C26H23ClN6OS2/c1-15-30-31-22-13-28-24(18-5-3-4-6-20(18)27)23-19-11-12-32(14-21(19)36-25(23)33(15)22)26(35)29-16-7-9-17(34-2)10-8-16/h3-10H,11-14H2,1-2H3,(H,29,35). The Labute approximate surface area is 223 Å². The van der Waals surface area contributed by atoms with Crippen LogP contribution in [0.25, 0.3) is 5.00 Å². The van der Waals surface area contributed by atoms with Crippen molar-refractivity contribution in [1.29, 1.82) is 0 Å². The molecule has 0 spiro atoms. The minimum Gasteiger partial charge on any atom is -0.497 e. The number of benzene rings is 2.